The average molecular weight is 528 g/mol. The second-order valence-electron chi connectivity index (χ2n) is 12.7. The molecule has 0 heterocycles. The van der Waals surface area contributed by atoms with Gasteiger partial charge in [-0.2, -0.15) is 13.7 Å². The van der Waals surface area contributed by atoms with E-state index in [4.69, 9.17) is 4.18 Å². The van der Waals surface area contributed by atoms with Crippen LogP contribution in [-0.2, 0) is 28.9 Å². The van der Waals surface area contributed by atoms with E-state index in [2.05, 4.69) is 6.92 Å². The number of Topliss-reactive ketones (excluding diaryl/α,β-unsaturated/α-hetero) is 1. The van der Waals surface area contributed by atoms with Gasteiger partial charge < -0.3 is 0 Å². The summed E-state index contributed by atoms with van der Waals surface area (Å²) in [6, 6.07) is 1.80. The molecule has 5 aliphatic rings. The lowest BCUT2D eigenvalue weighted by Crippen LogP contribution is -2.53. The Morgan fingerprint density at radius 1 is 0.914 bits per heavy atom. The van der Waals surface area contributed by atoms with Crippen molar-refractivity contribution in [2.24, 2.45) is 41.4 Å². The molecule has 0 amide bonds. The van der Waals surface area contributed by atoms with Crippen LogP contribution in [-0.4, -0.2) is 44.5 Å². The Hall–Kier alpha value is -0.980. The van der Waals surface area contributed by atoms with Gasteiger partial charge in [0.1, 0.15) is 0 Å². The largest absolute Gasteiger partial charge is 0.296 e. The summed E-state index contributed by atoms with van der Waals surface area (Å²) in [7, 11) is -8.10. The zero-order valence-corrected chi connectivity index (χ0v) is 23.2. The molecular weight excluding hydrogens is 486 g/mol. The second-order valence-corrected chi connectivity index (χ2v) is 16.8. The van der Waals surface area contributed by atoms with Crippen molar-refractivity contribution in [3.63, 3.8) is 0 Å². The highest BCUT2D eigenvalue weighted by Gasteiger charge is 2.54. The standard InChI is InChI=1S/C26H41NO6S2/c1-17-8-18(2)23(19(3)9-17)24(28)25(4,16-27)34(29,30)6-5-7-35(31,32)33-26-13-20-10-21(14-26)12-22(11-20)15-26/h17-23H,5-15H2,1-4H3. The molecule has 3 unspecified atom stereocenters. The summed E-state index contributed by atoms with van der Waals surface area (Å²) in [5, 5.41) is 9.86. The van der Waals surface area contributed by atoms with Crippen molar-refractivity contribution in [1.29, 1.82) is 5.26 Å². The van der Waals surface area contributed by atoms with Gasteiger partial charge in [0.25, 0.3) is 10.1 Å². The Bertz CT molecular complexity index is 1040. The first kappa shape index (κ1) is 27.1. The minimum absolute atomic E-state index is 0.00168. The monoisotopic (exact) mass is 527 g/mol. The Morgan fingerprint density at radius 3 is 1.86 bits per heavy atom. The molecule has 0 N–H and O–H groups in total. The van der Waals surface area contributed by atoms with E-state index in [1.807, 2.05) is 13.8 Å². The van der Waals surface area contributed by atoms with E-state index >= 15 is 0 Å². The maximum Gasteiger partial charge on any atom is 0.267 e. The van der Waals surface area contributed by atoms with E-state index in [9.17, 15) is 26.9 Å². The topological polar surface area (TPSA) is 118 Å². The van der Waals surface area contributed by atoms with Gasteiger partial charge in [-0.15, -0.1) is 0 Å². The van der Waals surface area contributed by atoms with Crippen LogP contribution in [0.15, 0.2) is 0 Å². The van der Waals surface area contributed by atoms with Crippen molar-refractivity contribution in [1.82, 2.24) is 0 Å². The number of hydrogen-bond acceptors (Lipinski definition) is 7. The first-order valence-corrected chi connectivity index (χ1v) is 16.5. The first-order valence-electron chi connectivity index (χ1n) is 13.3. The number of hydrogen-bond donors (Lipinski definition) is 0. The fraction of sp³-hybridized carbons (Fsp3) is 0.923. The molecule has 0 aromatic carbocycles. The smallest absolute Gasteiger partial charge is 0.267 e. The van der Waals surface area contributed by atoms with Gasteiger partial charge in [-0.3, -0.25) is 8.98 Å². The highest BCUT2D eigenvalue weighted by Crippen LogP contribution is 2.57. The third kappa shape index (κ3) is 5.22. The molecule has 5 saturated carbocycles. The zero-order valence-electron chi connectivity index (χ0n) is 21.5. The third-order valence-corrected chi connectivity index (χ3v) is 13.2. The number of nitriles is 1. The van der Waals surface area contributed by atoms with Gasteiger partial charge in [-0.25, -0.2) is 8.42 Å². The van der Waals surface area contributed by atoms with Gasteiger partial charge in [-0.1, -0.05) is 20.8 Å². The maximum atomic E-state index is 13.5. The van der Waals surface area contributed by atoms with Crippen LogP contribution in [0.5, 0.6) is 0 Å². The molecule has 5 rings (SSSR count). The van der Waals surface area contributed by atoms with Crippen LogP contribution < -0.4 is 0 Å². The molecule has 5 fully saturated rings. The normalized spacial score (nSPS) is 40.7. The van der Waals surface area contributed by atoms with Gasteiger partial charge in [0, 0.05) is 5.92 Å². The van der Waals surface area contributed by atoms with Crippen LogP contribution >= 0.6 is 0 Å². The van der Waals surface area contributed by atoms with Gasteiger partial charge in [-0.05, 0) is 100 Å². The molecule has 0 aromatic rings. The number of sulfone groups is 1. The van der Waals surface area contributed by atoms with Crippen molar-refractivity contribution in [3.8, 4) is 6.07 Å². The Balaban J connectivity index is 1.40. The van der Waals surface area contributed by atoms with E-state index in [-0.39, 0.29) is 18.3 Å². The van der Waals surface area contributed by atoms with Crippen molar-refractivity contribution in [3.05, 3.63) is 0 Å². The summed E-state index contributed by atoms with van der Waals surface area (Å²) in [5.41, 5.74) is -0.617. The van der Waals surface area contributed by atoms with Crippen molar-refractivity contribution in [2.75, 3.05) is 11.5 Å². The zero-order chi connectivity index (χ0) is 25.8. The van der Waals surface area contributed by atoms with Crippen LogP contribution in [0.1, 0.15) is 85.5 Å². The lowest BCUT2D eigenvalue weighted by Gasteiger charge is -2.55. The number of nitrogens with zero attached hydrogens (tertiary/aromatic N) is 1. The lowest BCUT2D eigenvalue weighted by atomic mass is 9.54. The van der Waals surface area contributed by atoms with Gasteiger partial charge >= 0.3 is 0 Å². The second kappa shape index (κ2) is 9.40. The molecule has 7 nitrogen and oxygen atoms in total. The number of carbonyl (C=O) groups excluding carboxylic acids is 1. The fourth-order valence-corrected chi connectivity index (χ4v) is 11.4. The third-order valence-electron chi connectivity index (χ3n) is 9.48. The fourth-order valence-electron chi connectivity index (χ4n) is 8.41. The Morgan fingerprint density at radius 2 is 1.40 bits per heavy atom. The summed E-state index contributed by atoms with van der Waals surface area (Å²) in [6.45, 7) is 7.23. The summed E-state index contributed by atoms with van der Waals surface area (Å²) >= 11 is 0. The molecule has 3 atom stereocenters. The molecule has 0 spiro atoms. The van der Waals surface area contributed by atoms with Gasteiger partial charge in [0.15, 0.2) is 15.6 Å². The molecule has 5 aliphatic carbocycles. The molecule has 4 bridgehead atoms. The average Bonchev–Trinajstić information content (AvgIpc) is 2.69. The van der Waals surface area contributed by atoms with Crippen LogP contribution in [0.2, 0.25) is 0 Å². The highest BCUT2D eigenvalue weighted by atomic mass is 32.2. The molecule has 9 heteroatoms. The van der Waals surface area contributed by atoms with Crippen molar-refractivity contribution in [2.45, 2.75) is 95.8 Å². The summed E-state index contributed by atoms with van der Waals surface area (Å²) in [5.74, 6) is 0.0679. The van der Waals surface area contributed by atoms with E-state index in [1.54, 1.807) is 6.07 Å². The molecule has 0 aromatic heterocycles. The predicted octanol–water partition coefficient (Wildman–Crippen LogP) is 4.28. The van der Waals surface area contributed by atoms with Gasteiger partial charge in [0.2, 0.25) is 4.75 Å². The Kier molecular flexibility index (Phi) is 7.27. The maximum absolute atomic E-state index is 13.5. The molecular formula is C26H41NO6S2. The quantitative estimate of drug-likeness (QED) is 0.411. The van der Waals surface area contributed by atoms with E-state index < -0.39 is 53.5 Å². The molecule has 0 saturated heterocycles. The lowest BCUT2D eigenvalue weighted by molar-refractivity contribution is -0.128. The molecule has 0 radical (unpaired) electrons. The van der Waals surface area contributed by atoms with Crippen molar-refractivity contribution >= 4 is 25.7 Å². The number of carbonyl (C=O) groups is 1. The minimum atomic E-state index is -4.19. The van der Waals surface area contributed by atoms with Crippen LogP contribution in [0.4, 0.5) is 0 Å². The van der Waals surface area contributed by atoms with E-state index in [1.165, 1.54) is 6.92 Å². The first-order chi connectivity index (χ1) is 16.2. The molecule has 0 aliphatic heterocycles. The number of rotatable bonds is 9. The predicted molar refractivity (Wildman–Crippen MR) is 133 cm³/mol. The van der Waals surface area contributed by atoms with E-state index in [0.717, 1.165) is 51.4 Å². The van der Waals surface area contributed by atoms with Crippen molar-refractivity contribution < 1.29 is 25.8 Å². The molecule has 35 heavy (non-hydrogen) atoms. The van der Waals surface area contributed by atoms with E-state index in [0.29, 0.717) is 23.7 Å². The Labute approximate surface area is 211 Å². The highest BCUT2D eigenvalue weighted by molar-refractivity contribution is 7.94. The summed E-state index contributed by atoms with van der Waals surface area (Å²) in [6.07, 6.45) is 7.27. The van der Waals surface area contributed by atoms with Crippen LogP contribution in [0, 0.1) is 52.8 Å². The summed E-state index contributed by atoms with van der Waals surface area (Å²) < 4.78 is 55.9. The van der Waals surface area contributed by atoms with Crippen LogP contribution in [0.25, 0.3) is 0 Å². The number of ketones is 1. The van der Waals surface area contributed by atoms with Gasteiger partial charge in [0.05, 0.1) is 23.2 Å². The minimum Gasteiger partial charge on any atom is -0.296 e. The summed E-state index contributed by atoms with van der Waals surface area (Å²) in [4.78, 5) is 13.5. The molecule has 198 valence electrons. The SMILES string of the molecule is CC1CC(C)C(C(=O)C(C)(C#N)S(=O)(=O)CCCS(=O)(=O)OC23CC4CC(CC(C4)C2)C3)C(C)C1. The van der Waals surface area contributed by atoms with Crippen LogP contribution in [0.3, 0.4) is 0 Å².